The first kappa shape index (κ1) is 11.9. The average molecular weight is 246 g/mol. The van der Waals surface area contributed by atoms with Gasteiger partial charge in [0.2, 0.25) is 0 Å². The highest BCUT2D eigenvalue weighted by molar-refractivity contribution is 6.11. The van der Waals surface area contributed by atoms with Gasteiger partial charge in [0.1, 0.15) is 5.60 Å². The van der Waals surface area contributed by atoms with Gasteiger partial charge in [-0.2, -0.15) is 0 Å². The quantitative estimate of drug-likeness (QED) is 0.740. The molecule has 3 heteroatoms. The molecule has 96 valence electrons. The topological polar surface area (TPSA) is 57.5 Å². The maximum Gasteiger partial charge on any atom is 0.195 e. The number of carbonyl (C=O) groups is 1. The van der Waals surface area contributed by atoms with Crippen molar-refractivity contribution in [2.45, 2.75) is 39.2 Å². The smallest absolute Gasteiger partial charge is 0.195 e. The Morgan fingerprint density at radius 1 is 1.33 bits per heavy atom. The van der Waals surface area contributed by atoms with Gasteiger partial charge < -0.3 is 10.2 Å². The largest absolute Gasteiger partial charge is 0.392 e. The molecule has 18 heavy (non-hydrogen) atoms. The van der Waals surface area contributed by atoms with E-state index < -0.39 is 5.60 Å². The molecule has 3 nitrogen and oxygen atoms in total. The van der Waals surface area contributed by atoms with E-state index in [1.54, 1.807) is 6.92 Å². The number of aliphatic hydroxyl groups excluding tert-OH is 1. The predicted octanol–water partition coefficient (Wildman–Crippen LogP) is 1.67. The first-order valence-electron chi connectivity index (χ1n) is 6.38. The van der Waals surface area contributed by atoms with Gasteiger partial charge in [-0.3, -0.25) is 4.79 Å². The molecule has 0 amide bonds. The molecule has 1 saturated carbocycles. The van der Waals surface area contributed by atoms with Crippen LogP contribution in [-0.4, -0.2) is 28.2 Å². The van der Waals surface area contributed by atoms with Crippen LogP contribution in [0.1, 0.15) is 33.6 Å². The lowest BCUT2D eigenvalue weighted by Crippen LogP contribution is -2.49. The minimum absolute atomic E-state index is 0.150. The second-order valence-electron chi connectivity index (χ2n) is 5.86. The van der Waals surface area contributed by atoms with E-state index in [-0.39, 0.29) is 17.8 Å². The van der Waals surface area contributed by atoms with Gasteiger partial charge in [-0.05, 0) is 50.3 Å². The first-order chi connectivity index (χ1) is 8.37. The van der Waals surface area contributed by atoms with Crippen LogP contribution in [0.5, 0.6) is 0 Å². The summed E-state index contributed by atoms with van der Waals surface area (Å²) in [6, 6.07) is 0. The molecule has 0 aromatic carbocycles. The van der Waals surface area contributed by atoms with Crippen molar-refractivity contribution in [2.75, 3.05) is 6.61 Å². The summed E-state index contributed by atoms with van der Waals surface area (Å²) in [6.45, 7) is 5.38. The predicted molar refractivity (Wildman–Crippen MR) is 67.9 cm³/mol. The van der Waals surface area contributed by atoms with Crippen molar-refractivity contribution in [1.82, 2.24) is 0 Å². The molecule has 2 N–H and O–H groups in total. The molecule has 0 aromatic heterocycles. The molecule has 0 bridgehead atoms. The molecule has 0 saturated heterocycles. The second kappa shape index (κ2) is 3.22. The number of rotatable bonds is 1. The zero-order valence-corrected chi connectivity index (χ0v) is 11.0. The number of allylic oxidation sites excluding steroid dienone is 2. The van der Waals surface area contributed by atoms with E-state index in [4.69, 9.17) is 0 Å². The Balaban J connectivity index is 2.31. The van der Waals surface area contributed by atoms with Crippen LogP contribution in [-0.2, 0) is 4.79 Å². The number of hydrogen-bond donors (Lipinski definition) is 2. The Bertz CT molecular complexity index is 554. The minimum Gasteiger partial charge on any atom is -0.392 e. The summed E-state index contributed by atoms with van der Waals surface area (Å²) in [5.41, 5.74) is 2.50. The van der Waals surface area contributed by atoms with E-state index >= 15 is 0 Å². The Labute approximate surface area is 107 Å². The summed E-state index contributed by atoms with van der Waals surface area (Å²) >= 11 is 0. The fraction of sp³-hybridized carbons (Fsp3) is 0.533. The van der Waals surface area contributed by atoms with Crippen LogP contribution in [0.2, 0.25) is 0 Å². The zero-order valence-electron chi connectivity index (χ0n) is 11.0. The number of fused-ring (bicyclic) bond motifs is 1. The molecule has 0 aromatic rings. The molecular formula is C15H18O3. The van der Waals surface area contributed by atoms with Gasteiger partial charge in [-0.15, -0.1) is 0 Å². The highest BCUT2D eigenvalue weighted by Gasteiger charge is 2.64. The summed E-state index contributed by atoms with van der Waals surface area (Å²) in [4.78, 5) is 12.6. The number of ketones is 1. The summed E-state index contributed by atoms with van der Waals surface area (Å²) < 4.78 is 0. The number of carbonyl (C=O) groups excluding carboxylic acids is 1. The van der Waals surface area contributed by atoms with Crippen molar-refractivity contribution in [3.8, 4) is 0 Å². The van der Waals surface area contributed by atoms with Gasteiger partial charge in [-0.1, -0.05) is 11.6 Å². The number of Topliss-reactive ketones (excluding diaryl/α,β-unsaturated/α-hetero) is 1. The lowest BCUT2D eigenvalue weighted by Gasteiger charge is -2.38. The van der Waals surface area contributed by atoms with E-state index in [2.05, 4.69) is 0 Å². The average Bonchev–Trinajstić information content (AvgIpc) is 3.06. The highest BCUT2D eigenvalue weighted by Crippen LogP contribution is 2.64. The number of aliphatic hydroxyl groups is 2. The fourth-order valence-electron chi connectivity index (χ4n) is 3.56. The van der Waals surface area contributed by atoms with E-state index in [0.717, 1.165) is 29.6 Å². The molecule has 1 atom stereocenters. The van der Waals surface area contributed by atoms with Crippen LogP contribution in [0.25, 0.3) is 0 Å². The summed E-state index contributed by atoms with van der Waals surface area (Å²) in [5, 5.41) is 20.1. The molecule has 0 aliphatic heterocycles. The monoisotopic (exact) mass is 246 g/mol. The van der Waals surface area contributed by atoms with Crippen molar-refractivity contribution in [2.24, 2.45) is 5.41 Å². The van der Waals surface area contributed by atoms with Crippen molar-refractivity contribution < 1.29 is 15.0 Å². The summed E-state index contributed by atoms with van der Waals surface area (Å²) in [5.74, 6) is -0.224. The molecule has 0 unspecified atom stereocenters. The zero-order chi connectivity index (χ0) is 13.3. The summed E-state index contributed by atoms with van der Waals surface area (Å²) in [6.07, 6.45) is 3.72. The van der Waals surface area contributed by atoms with Gasteiger partial charge >= 0.3 is 0 Å². The van der Waals surface area contributed by atoms with Crippen LogP contribution in [0, 0.1) is 5.41 Å². The molecule has 1 spiro atoms. The normalized spacial score (nSPS) is 33.2. The van der Waals surface area contributed by atoms with Crippen LogP contribution in [0.15, 0.2) is 33.9 Å². The van der Waals surface area contributed by atoms with E-state index in [0.29, 0.717) is 11.1 Å². The maximum absolute atomic E-state index is 12.6. The Morgan fingerprint density at radius 2 is 1.94 bits per heavy atom. The standard InChI is InChI=1S/C15H18O3/c1-8-6-10-9(2)15(4-5-15)14(3,18)13(17)12(10)11(8)7-16/h6,16,18H,4-5,7H2,1-3H3/t14-/m1/s1. The van der Waals surface area contributed by atoms with Crippen molar-refractivity contribution >= 4 is 5.78 Å². The van der Waals surface area contributed by atoms with Crippen molar-refractivity contribution in [3.63, 3.8) is 0 Å². The third kappa shape index (κ3) is 1.09. The first-order valence-corrected chi connectivity index (χ1v) is 6.38. The highest BCUT2D eigenvalue weighted by atomic mass is 16.3. The third-order valence-electron chi connectivity index (χ3n) is 5.04. The van der Waals surface area contributed by atoms with Gasteiger partial charge in [-0.25, -0.2) is 0 Å². The second-order valence-corrected chi connectivity index (χ2v) is 5.86. The maximum atomic E-state index is 12.6. The third-order valence-corrected chi connectivity index (χ3v) is 5.04. The van der Waals surface area contributed by atoms with Gasteiger partial charge in [0, 0.05) is 11.0 Å². The lowest BCUT2D eigenvalue weighted by atomic mass is 9.68. The fourth-order valence-corrected chi connectivity index (χ4v) is 3.56. The van der Waals surface area contributed by atoms with Crippen LogP contribution >= 0.6 is 0 Å². The Hall–Kier alpha value is -1.19. The molecule has 0 heterocycles. The van der Waals surface area contributed by atoms with Crippen LogP contribution < -0.4 is 0 Å². The molecule has 3 rings (SSSR count). The van der Waals surface area contributed by atoms with Crippen LogP contribution in [0.3, 0.4) is 0 Å². The van der Waals surface area contributed by atoms with Gasteiger partial charge in [0.25, 0.3) is 0 Å². The molecular weight excluding hydrogens is 228 g/mol. The van der Waals surface area contributed by atoms with Gasteiger partial charge in [0.15, 0.2) is 5.78 Å². The Morgan fingerprint density at radius 3 is 2.44 bits per heavy atom. The lowest BCUT2D eigenvalue weighted by molar-refractivity contribution is -0.137. The molecule has 3 aliphatic carbocycles. The summed E-state index contributed by atoms with van der Waals surface area (Å²) in [7, 11) is 0. The van der Waals surface area contributed by atoms with Crippen molar-refractivity contribution in [1.29, 1.82) is 0 Å². The molecule has 1 fully saturated rings. The number of hydrogen-bond acceptors (Lipinski definition) is 3. The van der Waals surface area contributed by atoms with Gasteiger partial charge in [0.05, 0.1) is 6.61 Å². The van der Waals surface area contributed by atoms with Crippen molar-refractivity contribution in [3.05, 3.63) is 33.9 Å². The SMILES string of the molecule is CC1=CC2=C(C)C3(CC3)[C@](C)(O)C(=O)C2=C1CO. The van der Waals surface area contributed by atoms with E-state index in [1.807, 2.05) is 19.9 Å². The molecule has 3 aliphatic rings. The molecule has 0 radical (unpaired) electrons. The minimum atomic E-state index is -1.32. The van der Waals surface area contributed by atoms with E-state index in [9.17, 15) is 15.0 Å². The Kier molecular flexibility index (Phi) is 2.13. The van der Waals surface area contributed by atoms with E-state index in [1.165, 1.54) is 0 Å². The van der Waals surface area contributed by atoms with Crippen LogP contribution in [0.4, 0.5) is 0 Å².